The zero-order chi connectivity index (χ0) is 15.0. The van der Waals surface area contributed by atoms with E-state index in [9.17, 15) is 5.11 Å². The Bertz CT molecular complexity index is 727. The number of nitrogens with zero attached hydrogens (tertiary/aromatic N) is 7. The second-order valence-corrected chi connectivity index (χ2v) is 4.87. The molecule has 10 nitrogen and oxygen atoms in total. The first-order chi connectivity index (χ1) is 10.1. The highest BCUT2D eigenvalue weighted by atomic mass is 35.5. The largest absolute Gasteiger partial charge is 0.394 e. The summed E-state index contributed by atoms with van der Waals surface area (Å²) < 4.78 is 7.32. The lowest BCUT2D eigenvalue weighted by molar-refractivity contribution is -0.0230. The van der Waals surface area contributed by atoms with Gasteiger partial charge >= 0.3 is 0 Å². The molecule has 1 aliphatic heterocycles. The van der Waals surface area contributed by atoms with Crippen LogP contribution in [0.15, 0.2) is 11.4 Å². The molecule has 3 atom stereocenters. The second-order valence-electron chi connectivity index (χ2n) is 4.52. The Balaban J connectivity index is 2.00. The van der Waals surface area contributed by atoms with Crippen LogP contribution in [0.2, 0.25) is 5.15 Å². The van der Waals surface area contributed by atoms with Crippen molar-refractivity contribution < 1.29 is 9.84 Å². The van der Waals surface area contributed by atoms with E-state index in [4.69, 9.17) is 27.6 Å². The summed E-state index contributed by atoms with van der Waals surface area (Å²) in [5.41, 5.74) is 14.9. The van der Waals surface area contributed by atoms with Gasteiger partial charge in [-0.2, -0.15) is 9.97 Å². The topological polar surface area (TPSA) is 148 Å². The van der Waals surface area contributed by atoms with Gasteiger partial charge in [0.15, 0.2) is 10.8 Å². The smallest absolute Gasteiger partial charge is 0.223 e. The van der Waals surface area contributed by atoms with Gasteiger partial charge in [0.05, 0.1) is 25.1 Å². The van der Waals surface area contributed by atoms with E-state index >= 15 is 0 Å². The van der Waals surface area contributed by atoms with E-state index in [2.05, 4.69) is 25.0 Å². The molecule has 2 aromatic heterocycles. The summed E-state index contributed by atoms with van der Waals surface area (Å²) in [6.07, 6.45) is 0.841. The average molecular weight is 311 g/mol. The number of anilines is 1. The minimum absolute atomic E-state index is 0.0327. The highest BCUT2D eigenvalue weighted by Crippen LogP contribution is 2.34. The first-order valence-electron chi connectivity index (χ1n) is 6.10. The Hall–Kier alpha value is -2.13. The molecule has 3 heterocycles. The van der Waals surface area contributed by atoms with Gasteiger partial charge in [-0.1, -0.05) is 16.7 Å². The summed E-state index contributed by atoms with van der Waals surface area (Å²) in [7, 11) is 0. The van der Waals surface area contributed by atoms with Gasteiger partial charge in [-0.05, 0) is 5.53 Å². The van der Waals surface area contributed by atoms with Crippen molar-refractivity contribution >= 4 is 28.7 Å². The molecule has 11 heteroatoms. The minimum atomic E-state index is -0.572. The lowest BCUT2D eigenvalue weighted by Gasteiger charge is -2.14. The molecule has 0 bridgehead atoms. The molecular weight excluding hydrogens is 300 g/mol. The van der Waals surface area contributed by atoms with E-state index in [-0.39, 0.29) is 17.7 Å². The average Bonchev–Trinajstić information content (AvgIpc) is 3.02. The van der Waals surface area contributed by atoms with E-state index in [1.54, 1.807) is 4.57 Å². The number of fused-ring (bicyclic) bond motifs is 1. The van der Waals surface area contributed by atoms with Crippen LogP contribution in [0.5, 0.6) is 0 Å². The molecule has 1 fully saturated rings. The normalized spacial score (nSPS) is 25.1. The van der Waals surface area contributed by atoms with Gasteiger partial charge in [0.25, 0.3) is 0 Å². The van der Waals surface area contributed by atoms with Gasteiger partial charge in [-0.15, -0.1) is 0 Å². The summed E-state index contributed by atoms with van der Waals surface area (Å²) in [5, 5.41) is 13.1. The Labute approximate surface area is 123 Å². The molecule has 2 aromatic rings. The van der Waals surface area contributed by atoms with Crippen molar-refractivity contribution in [3.8, 4) is 0 Å². The van der Waals surface area contributed by atoms with Crippen molar-refractivity contribution in [3.05, 3.63) is 21.9 Å². The van der Waals surface area contributed by atoms with E-state index in [1.165, 1.54) is 6.33 Å². The van der Waals surface area contributed by atoms with Gasteiger partial charge in [-0.3, -0.25) is 4.57 Å². The SMILES string of the molecule is [N-]=[N+]=N[C@H]1C[C@H](n2cnc3nc(N)nc(Cl)c32)O[C@@H]1CO. The third-order valence-electron chi connectivity index (χ3n) is 3.30. The molecule has 0 unspecified atom stereocenters. The second kappa shape index (κ2) is 5.34. The number of azide groups is 1. The fraction of sp³-hybridized carbons (Fsp3) is 0.500. The van der Waals surface area contributed by atoms with Crippen molar-refractivity contribution in [3.63, 3.8) is 0 Å². The molecule has 110 valence electrons. The Morgan fingerprint density at radius 2 is 2.43 bits per heavy atom. The number of aromatic nitrogens is 4. The van der Waals surface area contributed by atoms with Crippen LogP contribution in [-0.2, 0) is 4.74 Å². The molecule has 0 amide bonds. The summed E-state index contributed by atoms with van der Waals surface area (Å²) in [5.74, 6) is 0.0327. The molecule has 3 N–H and O–H groups in total. The van der Waals surface area contributed by atoms with Gasteiger partial charge in [0.2, 0.25) is 5.95 Å². The fourth-order valence-corrected chi connectivity index (χ4v) is 2.64. The summed E-state index contributed by atoms with van der Waals surface area (Å²) >= 11 is 6.08. The number of aliphatic hydroxyl groups excluding tert-OH is 1. The zero-order valence-corrected chi connectivity index (χ0v) is 11.4. The maximum atomic E-state index is 9.28. The molecule has 21 heavy (non-hydrogen) atoms. The number of aliphatic hydroxyl groups is 1. The zero-order valence-electron chi connectivity index (χ0n) is 10.7. The van der Waals surface area contributed by atoms with Crippen LogP contribution in [0.4, 0.5) is 5.95 Å². The van der Waals surface area contributed by atoms with Crippen molar-refractivity contribution in [2.75, 3.05) is 12.3 Å². The molecule has 1 aliphatic rings. The molecule has 3 rings (SSSR count). The molecule has 0 aromatic carbocycles. The van der Waals surface area contributed by atoms with Crippen molar-refractivity contribution in [2.45, 2.75) is 24.8 Å². The number of rotatable bonds is 3. The van der Waals surface area contributed by atoms with Crippen LogP contribution >= 0.6 is 11.6 Å². The Kier molecular flexibility index (Phi) is 3.52. The van der Waals surface area contributed by atoms with E-state index < -0.39 is 18.4 Å². The molecule has 0 aliphatic carbocycles. The first-order valence-corrected chi connectivity index (χ1v) is 6.48. The van der Waals surface area contributed by atoms with Crippen molar-refractivity contribution in [1.29, 1.82) is 0 Å². The predicted octanol–water partition coefficient (Wildman–Crippen LogP) is 1.02. The number of ether oxygens (including phenoxy) is 1. The van der Waals surface area contributed by atoms with Crippen LogP contribution in [-0.4, -0.2) is 43.4 Å². The predicted molar refractivity (Wildman–Crippen MR) is 73.3 cm³/mol. The standard InChI is InChI=1S/C10H11ClN8O2/c11-8-7-9(16-10(12)15-8)14-3-19(7)6-1-4(17-18-13)5(2-20)21-6/h3-6,20H,1-2H2,(H2,12,15,16)/t4-,5+,6+/m0/s1. The van der Waals surface area contributed by atoms with Gasteiger partial charge in [0.1, 0.15) is 11.7 Å². The van der Waals surface area contributed by atoms with Crippen LogP contribution in [0.3, 0.4) is 0 Å². The quantitative estimate of drug-likeness (QED) is 0.374. The lowest BCUT2D eigenvalue weighted by atomic mass is 10.1. The third kappa shape index (κ3) is 2.34. The summed E-state index contributed by atoms with van der Waals surface area (Å²) in [4.78, 5) is 14.7. The van der Waals surface area contributed by atoms with Crippen molar-refractivity contribution in [1.82, 2.24) is 19.5 Å². The summed E-state index contributed by atoms with van der Waals surface area (Å²) in [6, 6.07) is -0.462. The van der Waals surface area contributed by atoms with Gasteiger partial charge in [0, 0.05) is 11.3 Å². The maximum absolute atomic E-state index is 9.28. The number of halogens is 1. The van der Waals surface area contributed by atoms with Crippen molar-refractivity contribution in [2.24, 2.45) is 5.11 Å². The molecule has 0 radical (unpaired) electrons. The minimum Gasteiger partial charge on any atom is -0.394 e. The van der Waals surface area contributed by atoms with Crippen LogP contribution < -0.4 is 5.73 Å². The Morgan fingerprint density at radius 1 is 1.62 bits per heavy atom. The number of nitrogen functional groups attached to an aromatic ring is 1. The lowest BCUT2D eigenvalue weighted by Crippen LogP contribution is -2.22. The summed E-state index contributed by atoms with van der Waals surface area (Å²) in [6.45, 7) is -0.246. The Morgan fingerprint density at radius 3 is 3.14 bits per heavy atom. The van der Waals surface area contributed by atoms with Gasteiger partial charge in [-0.25, -0.2) is 4.98 Å². The first kappa shape index (κ1) is 13.8. The fourth-order valence-electron chi connectivity index (χ4n) is 2.38. The molecular formula is C10H11ClN8O2. The molecule has 0 spiro atoms. The highest BCUT2D eigenvalue weighted by molar-refractivity contribution is 6.33. The number of hydrogen-bond donors (Lipinski definition) is 2. The third-order valence-corrected chi connectivity index (χ3v) is 3.56. The molecule has 1 saturated heterocycles. The number of nitrogens with two attached hydrogens (primary N) is 1. The van der Waals surface area contributed by atoms with E-state index in [0.717, 1.165) is 0 Å². The monoisotopic (exact) mass is 310 g/mol. The molecule has 0 saturated carbocycles. The van der Waals surface area contributed by atoms with E-state index in [0.29, 0.717) is 17.6 Å². The van der Waals surface area contributed by atoms with E-state index in [1.807, 2.05) is 0 Å². The number of imidazole rings is 1. The maximum Gasteiger partial charge on any atom is 0.223 e. The highest BCUT2D eigenvalue weighted by Gasteiger charge is 2.36. The van der Waals surface area contributed by atoms with Crippen LogP contribution in [0.25, 0.3) is 21.6 Å². The number of hydrogen-bond acceptors (Lipinski definition) is 7. The van der Waals surface area contributed by atoms with Crippen LogP contribution in [0.1, 0.15) is 12.6 Å². The van der Waals surface area contributed by atoms with Gasteiger partial charge < -0.3 is 15.6 Å². The van der Waals surface area contributed by atoms with Crippen LogP contribution in [0, 0.1) is 0 Å².